The van der Waals surface area contributed by atoms with E-state index in [1.54, 1.807) is 5.57 Å². The number of unbranched alkanes of at least 4 members (excludes halogenated alkanes) is 1. The SMILES string of the molecule is CCCC/C(=C/c1c(CNCC2CCC(CCC)CC2)cc(C)nc1CC)CC. The van der Waals surface area contributed by atoms with Gasteiger partial charge in [-0.25, -0.2) is 0 Å². The Morgan fingerprint density at radius 1 is 1.07 bits per heavy atom. The van der Waals surface area contributed by atoms with Crippen LogP contribution in [0.4, 0.5) is 0 Å². The van der Waals surface area contributed by atoms with Crippen LogP contribution in [0.5, 0.6) is 0 Å². The summed E-state index contributed by atoms with van der Waals surface area (Å²) >= 11 is 0. The van der Waals surface area contributed by atoms with Gasteiger partial charge in [0.05, 0.1) is 0 Å². The van der Waals surface area contributed by atoms with Crippen LogP contribution in [0.2, 0.25) is 0 Å². The molecule has 0 bridgehead atoms. The standard InChI is InChI=1S/C27H46N2/c1-6-10-12-22(8-3)18-26-25(17-21(5)29-27(26)9-4)20-28-19-24-15-13-23(11-7-2)14-16-24/h17-18,23-24,28H,6-16,19-20H2,1-5H3/b22-18+. The van der Waals surface area contributed by atoms with Crippen LogP contribution in [0.25, 0.3) is 6.08 Å². The number of aromatic nitrogens is 1. The molecule has 0 spiro atoms. The predicted molar refractivity (Wildman–Crippen MR) is 128 cm³/mol. The molecule has 0 unspecified atom stereocenters. The molecule has 0 atom stereocenters. The summed E-state index contributed by atoms with van der Waals surface area (Å²) in [5.74, 6) is 1.87. The van der Waals surface area contributed by atoms with E-state index in [2.05, 4.69) is 52.1 Å². The van der Waals surface area contributed by atoms with Crippen molar-refractivity contribution < 1.29 is 0 Å². The molecule has 1 fully saturated rings. The molecule has 0 aliphatic heterocycles. The van der Waals surface area contributed by atoms with Gasteiger partial charge in [0.1, 0.15) is 0 Å². The van der Waals surface area contributed by atoms with Crippen LogP contribution in [0.3, 0.4) is 0 Å². The number of hydrogen-bond acceptors (Lipinski definition) is 2. The topological polar surface area (TPSA) is 24.9 Å². The molecule has 1 aromatic heterocycles. The average molecular weight is 399 g/mol. The van der Waals surface area contributed by atoms with Crippen molar-refractivity contribution >= 4 is 6.08 Å². The molecule has 164 valence electrons. The molecule has 2 nitrogen and oxygen atoms in total. The Balaban J connectivity index is 2.03. The number of nitrogens with zero attached hydrogens (tertiary/aromatic N) is 1. The molecular weight excluding hydrogens is 352 g/mol. The van der Waals surface area contributed by atoms with E-state index in [4.69, 9.17) is 4.98 Å². The zero-order valence-electron chi connectivity index (χ0n) is 19.9. The van der Waals surface area contributed by atoms with E-state index < -0.39 is 0 Å². The Morgan fingerprint density at radius 3 is 2.41 bits per heavy atom. The fraction of sp³-hybridized carbons (Fsp3) is 0.741. The van der Waals surface area contributed by atoms with Crippen LogP contribution in [-0.4, -0.2) is 11.5 Å². The second-order valence-corrected chi connectivity index (χ2v) is 9.20. The highest BCUT2D eigenvalue weighted by molar-refractivity contribution is 5.59. The van der Waals surface area contributed by atoms with Gasteiger partial charge in [-0.3, -0.25) is 4.98 Å². The molecule has 0 amide bonds. The van der Waals surface area contributed by atoms with Gasteiger partial charge >= 0.3 is 0 Å². The van der Waals surface area contributed by atoms with Gasteiger partial charge in [-0.05, 0) is 75.5 Å². The van der Waals surface area contributed by atoms with Crippen LogP contribution < -0.4 is 5.32 Å². The highest BCUT2D eigenvalue weighted by Gasteiger charge is 2.20. The second-order valence-electron chi connectivity index (χ2n) is 9.20. The number of allylic oxidation sites excluding steroid dienone is 1. The summed E-state index contributed by atoms with van der Waals surface area (Å²) in [5.41, 5.74) is 6.83. The van der Waals surface area contributed by atoms with Gasteiger partial charge in [0.15, 0.2) is 0 Å². The number of hydrogen-bond donors (Lipinski definition) is 1. The third-order valence-corrected chi connectivity index (χ3v) is 6.75. The van der Waals surface area contributed by atoms with Gasteiger partial charge in [0.25, 0.3) is 0 Å². The van der Waals surface area contributed by atoms with Crippen molar-refractivity contribution in [2.24, 2.45) is 11.8 Å². The Kier molecular flexibility index (Phi) is 11.0. The van der Waals surface area contributed by atoms with Crippen LogP contribution in [0.15, 0.2) is 11.6 Å². The van der Waals surface area contributed by atoms with Crippen LogP contribution in [-0.2, 0) is 13.0 Å². The zero-order chi connectivity index (χ0) is 21.1. The predicted octanol–water partition coefficient (Wildman–Crippen LogP) is 7.63. The minimum absolute atomic E-state index is 0.867. The smallest absolute Gasteiger partial charge is 0.0479 e. The van der Waals surface area contributed by atoms with Crippen molar-refractivity contribution in [2.75, 3.05) is 6.54 Å². The van der Waals surface area contributed by atoms with Gasteiger partial charge in [-0.15, -0.1) is 0 Å². The zero-order valence-corrected chi connectivity index (χ0v) is 19.9. The van der Waals surface area contributed by atoms with Crippen molar-refractivity contribution in [3.8, 4) is 0 Å². The summed E-state index contributed by atoms with van der Waals surface area (Å²) in [7, 11) is 0. The monoisotopic (exact) mass is 398 g/mol. The molecule has 2 rings (SSSR count). The first-order valence-corrected chi connectivity index (χ1v) is 12.5. The number of rotatable bonds is 12. The summed E-state index contributed by atoms with van der Waals surface area (Å²) < 4.78 is 0. The molecule has 29 heavy (non-hydrogen) atoms. The molecular formula is C27H46N2. The first-order valence-electron chi connectivity index (χ1n) is 12.5. The maximum Gasteiger partial charge on any atom is 0.0479 e. The normalized spacial score (nSPS) is 20.2. The van der Waals surface area contributed by atoms with Crippen LogP contribution in [0.1, 0.15) is 114 Å². The lowest BCUT2D eigenvalue weighted by molar-refractivity contribution is 0.256. The maximum absolute atomic E-state index is 4.87. The summed E-state index contributed by atoms with van der Waals surface area (Å²) in [4.78, 5) is 4.87. The van der Waals surface area contributed by atoms with Crippen molar-refractivity contribution in [3.05, 3.63) is 34.2 Å². The Morgan fingerprint density at radius 2 is 1.79 bits per heavy atom. The third-order valence-electron chi connectivity index (χ3n) is 6.75. The molecule has 1 heterocycles. The molecule has 2 heteroatoms. The first kappa shape index (κ1) is 24.1. The van der Waals surface area contributed by atoms with Gasteiger partial charge < -0.3 is 5.32 Å². The fourth-order valence-corrected chi connectivity index (χ4v) is 4.91. The quantitative estimate of drug-likeness (QED) is 0.391. The Bertz CT molecular complexity index is 624. The summed E-state index contributed by atoms with van der Waals surface area (Å²) in [6.07, 6.45) is 16.9. The van der Waals surface area contributed by atoms with E-state index in [0.717, 1.165) is 36.9 Å². The van der Waals surface area contributed by atoms with Crippen molar-refractivity contribution in [2.45, 2.75) is 112 Å². The molecule has 0 saturated heterocycles. The highest BCUT2D eigenvalue weighted by Crippen LogP contribution is 2.31. The van der Waals surface area contributed by atoms with E-state index in [1.807, 2.05) is 0 Å². The van der Waals surface area contributed by atoms with Crippen LogP contribution >= 0.6 is 0 Å². The second kappa shape index (κ2) is 13.2. The molecule has 1 aliphatic rings. The lowest BCUT2D eigenvalue weighted by Gasteiger charge is -2.28. The first-order chi connectivity index (χ1) is 14.1. The summed E-state index contributed by atoms with van der Waals surface area (Å²) in [5, 5.41) is 3.81. The van der Waals surface area contributed by atoms with Crippen molar-refractivity contribution in [1.82, 2.24) is 10.3 Å². The van der Waals surface area contributed by atoms with E-state index in [9.17, 15) is 0 Å². The molecule has 0 radical (unpaired) electrons. The lowest BCUT2D eigenvalue weighted by Crippen LogP contribution is -2.26. The van der Waals surface area contributed by atoms with Gasteiger partial charge in [0.2, 0.25) is 0 Å². The minimum Gasteiger partial charge on any atom is -0.312 e. The van der Waals surface area contributed by atoms with Crippen molar-refractivity contribution in [3.63, 3.8) is 0 Å². The number of aryl methyl sites for hydroxylation is 2. The molecule has 0 aromatic carbocycles. The summed E-state index contributed by atoms with van der Waals surface area (Å²) in [6.45, 7) is 13.4. The van der Waals surface area contributed by atoms with Crippen LogP contribution in [0, 0.1) is 18.8 Å². The average Bonchev–Trinajstić information content (AvgIpc) is 2.73. The maximum atomic E-state index is 4.87. The lowest BCUT2D eigenvalue weighted by atomic mass is 9.80. The fourth-order valence-electron chi connectivity index (χ4n) is 4.91. The van der Waals surface area contributed by atoms with E-state index in [0.29, 0.717) is 0 Å². The van der Waals surface area contributed by atoms with Crippen molar-refractivity contribution in [1.29, 1.82) is 0 Å². The molecule has 1 saturated carbocycles. The summed E-state index contributed by atoms with van der Waals surface area (Å²) in [6, 6.07) is 2.31. The Labute approximate surface area is 181 Å². The third kappa shape index (κ3) is 7.89. The Hall–Kier alpha value is -1.15. The van der Waals surface area contributed by atoms with Gasteiger partial charge in [-0.1, -0.05) is 71.4 Å². The molecule has 1 aromatic rings. The van der Waals surface area contributed by atoms with Gasteiger partial charge in [0, 0.05) is 23.5 Å². The van der Waals surface area contributed by atoms with E-state index in [-0.39, 0.29) is 0 Å². The minimum atomic E-state index is 0.867. The van der Waals surface area contributed by atoms with Gasteiger partial charge in [-0.2, -0.15) is 0 Å². The number of nitrogens with one attached hydrogen (secondary N) is 1. The molecule has 1 N–H and O–H groups in total. The number of pyridine rings is 1. The largest absolute Gasteiger partial charge is 0.312 e. The highest BCUT2D eigenvalue weighted by atomic mass is 14.9. The van der Waals surface area contributed by atoms with E-state index in [1.165, 1.54) is 81.2 Å². The van der Waals surface area contributed by atoms with E-state index >= 15 is 0 Å². The molecule has 1 aliphatic carbocycles.